The van der Waals surface area contributed by atoms with Gasteiger partial charge in [0.05, 0.1) is 0 Å². The van der Waals surface area contributed by atoms with E-state index in [9.17, 15) is 4.79 Å². The molecule has 0 radical (unpaired) electrons. The first kappa shape index (κ1) is 6.79. The fourth-order valence-electron chi connectivity index (χ4n) is 1.46. The van der Waals surface area contributed by atoms with Crippen LogP contribution in [0.3, 0.4) is 0 Å². The Labute approximate surface area is 56.4 Å². The van der Waals surface area contributed by atoms with E-state index in [1.807, 2.05) is 0 Å². The highest BCUT2D eigenvalue weighted by molar-refractivity contribution is 5.79. The normalized spacial score (nSPS) is 28.6. The van der Waals surface area contributed by atoms with Crippen molar-refractivity contribution in [1.82, 2.24) is 0 Å². The van der Waals surface area contributed by atoms with Crippen LogP contribution in [-0.2, 0) is 4.79 Å². The van der Waals surface area contributed by atoms with E-state index in [2.05, 4.69) is 6.92 Å². The summed E-state index contributed by atoms with van der Waals surface area (Å²) in [5, 5.41) is 0. The third-order valence-electron chi connectivity index (χ3n) is 2.16. The highest BCUT2D eigenvalue weighted by Gasteiger charge is 2.16. The van der Waals surface area contributed by atoms with Gasteiger partial charge in [-0.05, 0) is 18.8 Å². The molecule has 0 saturated heterocycles. The van der Waals surface area contributed by atoms with E-state index in [1.165, 1.54) is 12.8 Å². The fourth-order valence-corrected chi connectivity index (χ4v) is 1.46. The van der Waals surface area contributed by atoms with Crippen LogP contribution in [0.5, 0.6) is 0 Å². The van der Waals surface area contributed by atoms with Gasteiger partial charge in [0.1, 0.15) is 5.78 Å². The number of hydrogen-bond acceptors (Lipinski definition) is 1. The Morgan fingerprint density at radius 3 is 2.89 bits per heavy atom. The molecule has 52 valence electrons. The number of Topliss-reactive ketones (excluding diaryl/α,β-unsaturated/α-hetero) is 1. The summed E-state index contributed by atoms with van der Waals surface area (Å²) in [4.78, 5) is 10.8. The summed E-state index contributed by atoms with van der Waals surface area (Å²) in [6.45, 7) is 2.17. The Bertz CT molecular complexity index is 107. The first-order valence-corrected chi connectivity index (χ1v) is 3.84. The summed E-state index contributed by atoms with van der Waals surface area (Å²) in [5.74, 6) is 1.19. The minimum absolute atomic E-state index is 0.480. The smallest absolute Gasteiger partial charge is 0.133 e. The lowest BCUT2D eigenvalue weighted by molar-refractivity contribution is -0.121. The Morgan fingerprint density at radius 2 is 2.44 bits per heavy atom. The molecule has 9 heavy (non-hydrogen) atoms. The molecule has 0 aromatic heterocycles. The molecule has 1 aliphatic carbocycles. The predicted molar refractivity (Wildman–Crippen MR) is 37.3 cm³/mol. The molecule has 1 rings (SSSR count). The van der Waals surface area contributed by atoms with Gasteiger partial charge in [0.15, 0.2) is 0 Å². The topological polar surface area (TPSA) is 17.1 Å². The van der Waals surface area contributed by atoms with Crippen LogP contribution < -0.4 is 0 Å². The molecule has 0 amide bonds. The number of rotatable bonds is 1. The molecule has 1 aliphatic rings. The SMILES string of the molecule is CC[C@H]1CCCC(=O)C1. The molecule has 1 fully saturated rings. The lowest BCUT2D eigenvalue weighted by Gasteiger charge is -2.18. The molecule has 0 N–H and O–H groups in total. The Balaban J connectivity index is 2.32. The zero-order valence-electron chi connectivity index (χ0n) is 6.02. The van der Waals surface area contributed by atoms with Crippen LogP contribution in [0.15, 0.2) is 0 Å². The minimum Gasteiger partial charge on any atom is -0.300 e. The van der Waals surface area contributed by atoms with E-state index in [4.69, 9.17) is 0 Å². The summed E-state index contributed by atoms with van der Waals surface area (Å²) >= 11 is 0. The van der Waals surface area contributed by atoms with Gasteiger partial charge in [0, 0.05) is 12.8 Å². The minimum atomic E-state index is 0.480. The van der Waals surface area contributed by atoms with Gasteiger partial charge >= 0.3 is 0 Å². The molecule has 0 bridgehead atoms. The fraction of sp³-hybridized carbons (Fsp3) is 0.875. The molecule has 1 heteroatoms. The third-order valence-corrected chi connectivity index (χ3v) is 2.16. The summed E-state index contributed by atoms with van der Waals surface area (Å²) in [5.41, 5.74) is 0. The van der Waals surface area contributed by atoms with Gasteiger partial charge < -0.3 is 0 Å². The van der Waals surface area contributed by atoms with Crippen LogP contribution in [0.25, 0.3) is 0 Å². The van der Waals surface area contributed by atoms with Gasteiger partial charge in [-0.3, -0.25) is 4.79 Å². The second-order valence-corrected chi connectivity index (χ2v) is 2.91. The van der Waals surface area contributed by atoms with Crippen LogP contribution >= 0.6 is 0 Å². The molecule has 0 aliphatic heterocycles. The second kappa shape index (κ2) is 3.00. The zero-order valence-corrected chi connectivity index (χ0v) is 6.02. The quantitative estimate of drug-likeness (QED) is 0.526. The molecular weight excluding hydrogens is 112 g/mol. The largest absolute Gasteiger partial charge is 0.300 e. The molecule has 1 nitrogen and oxygen atoms in total. The number of ketones is 1. The lowest BCUT2D eigenvalue weighted by atomic mass is 9.87. The van der Waals surface area contributed by atoms with Crippen molar-refractivity contribution in [2.24, 2.45) is 5.92 Å². The molecule has 0 aromatic carbocycles. The predicted octanol–water partition coefficient (Wildman–Crippen LogP) is 2.16. The molecule has 0 unspecified atom stereocenters. The summed E-state index contributed by atoms with van der Waals surface area (Å²) in [7, 11) is 0. The molecule has 0 heterocycles. The maximum Gasteiger partial charge on any atom is 0.133 e. The van der Waals surface area contributed by atoms with E-state index in [-0.39, 0.29) is 0 Å². The Morgan fingerprint density at radius 1 is 1.67 bits per heavy atom. The van der Waals surface area contributed by atoms with Crippen molar-refractivity contribution in [3.05, 3.63) is 0 Å². The van der Waals surface area contributed by atoms with Crippen molar-refractivity contribution >= 4 is 5.78 Å². The van der Waals surface area contributed by atoms with Crippen molar-refractivity contribution in [3.63, 3.8) is 0 Å². The molecule has 1 atom stereocenters. The van der Waals surface area contributed by atoms with Gasteiger partial charge in [-0.25, -0.2) is 0 Å². The summed E-state index contributed by atoms with van der Waals surface area (Å²) in [6.07, 6.45) is 5.30. The van der Waals surface area contributed by atoms with E-state index < -0.39 is 0 Å². The zero-order chi connectivity index (χ0) is 6.69. The first-order valence-electron chi connectivity index (χ1n) is 3.84. The molecule has 0 aromatic rings. The van der Waals surface area contributed by atoms with E-state index >= 15 is 0 Å². The Kier molecular flexibility index (Phi) is 2.26. The third kappa shape index (κ3) is 1.81. The Hall–Kier alpha value is -0.330. The highest BCUT2D eigenvalue weighted by Crippen LogP contribution is 2.23. The summed E-state index contributed by atoms with van der Waals surface area (Å²) in [6, 6.07) is 0. The highest BCUT2D eigenvalue weighted by atomic mass is 16.1. The number of carbonyl (C=O) groups is 1. The van der Waals surface area contributed by atoms with Crippen LogP contribution in [0.4, 0.5) is 0 Å². The molecule has 0 spiro atoms. The van der Waals surface area contributed by atoms with Crippen LogP contribution in [-0.4, -0.2) is 5.78 Å². The van der Waals surface area contributed by atoms with Gasteiger partial charge in [0.25, 0.3) is 0 Å². The van der Waals surface area contributed by atoms with E-state index in [1.54, 1.807) is 0 Å². The number of carbonyl (C=O) groups excluding carboxylic acids is 1. The van der Waals surface area contributed by atoms with E-state index in [0.717, 1.165) is 19.3 Å². The van der Waals surface area contributed by atoms with Crippen molar-refractivity contribution in [2.75, 3.05) is 0 Å². The van der Waals surface area contributed by atoms with Crippen molar-refractivity contribution in [1.29, 1.82) is 0 Å². The van der Waals surface area contributed by atoms with Crippen LogP contribution in [0.2, 0.25) is 0 Å². The van der Waals surface area contributed by atoms with E-state index in [0.29, 0.717) is 11.7 Å². The van der Waals surface area contributed by atoms with Gasteiger partial charge in [-0.1, -0.05) is 13.3 Å². The van der Waals surface area contributed by atoms with Crippen molar-refractivity contribution in [3.8, 4) is 0 Å². The lowest BCUT2D eigenvalue weighted by Crippen LogP contribution is -2.13. The average Bonchev–Trinajstić information content (AvgIpc) is 1.88. The van der Waals surface area contributed by atoms with Gasteiger partial charge in [-0.15, -0.1) is 0 Å². The van der Waals surface area contributed by atoms with Gasteiger partial charge in [0.2, 0.25) is 0 Å². The maximum atomic E-state index is 10.8. The average molecular weight is 126 g/mol. The monoisotopic (exact) mass is 126 g/mol. The maximum absolute atomic E-state index is 10.8. The molecule has 1 saturated carbocycles. The van der Waals surface area contributed by atoms with Crippen molar-refractivity contribution in [2.45, 2.75) is 39.0 Å². The summed E-state index contributed by atoms with van der Waals surface area (Å²) < 4.78 is 0. The van der Waals surface area contributed by atoms with Crippen LogP contribution in [0, 0.1) is 5.92 Å². The molecular formula is C8H14O. The van der Waals surface area contributed by atoms with Crippen molar-refractivity contribution < 1.29 is 4.79 Å². The first-order chi connectivity index (χ1) is 4.33. The number of hydrogen-bond donors (Lipinski definition) is 0. The second-order valence-electron chi connectivity index (χ2n) is 2.91. The van der Waals surface area contributed by atoms with Gasteiger partial charge in [-0.2, -0.15) is 0 Å². The van der Waals surface area contributed by atoms with Crippen LogP contribution in [0.1, 0.15) is 39.0 Å². The standard InChI is InChI=1S/C8H14O/c1-2-7-4-3-5-8(9)6-7/h7H,2-6H2,1H3/t7-/m0/s1.